The third-order valence-corrected chi connectivity index (χ3v) is 4.51. The van der Waals surface area contributed by atoms with Gasteiger partial charge in [0.25, 0.3) is 5.78 Å². The summed E-state index contributed by atoms with van der Waals surface area (Å²) in [6.07, 6.45) is 3.92. The van der Waals surface area contributed by atoms with Crippen molar-refractivity contribution in [2.24, 2.45) is 11.8 Å². The van der Waals surface area contributed by atoms with Gasteiger partial charge in [-0.2, -0.15) is 4.79 Å². The molecule has 0 bridgehead atoms. The molecule has 5 heteroatoms. The molecule has 2 atom stereocenters. The van der Waals surface area contributed by atoms with Crippen LogP contribution in [0.2, 0.25) is 0 Å². The number of fused-ring (bicyclic) bond motifs is 1. The van der Waals surface area contributed by atoms with Gasteiger partial charge in [0.05, 0.1) is 12.0 Å². The smallest absolute Gasteiger partial charge is 0.339 e. The molecule has 19 heavy (non-hydrogen) atoms. The molecule has 0 aromatic carbocycles. The van der Waals surface area contributed by atoms with Gasteiger partial charge in [0, 0.05) is 17.4 Å². The summed E-state index contributed by atoms with van der Waals surface area (Å²) in [7, 11) is 0. The van der Waals surface area contributed by atoms with E-state index in [9.17, 15) is 14.4 Å². The molecule has 98 valence electrons. The number of carbonyl (C=O) groups excluding carboxylic acids is 3. The average molecular weight is 258 g/mol. The zero-order chi connectivity index (χ0) is 13.6. The van der Waals surface area contributed by atoms with Crippen molar-refractivity contribution in [3.63, 3.8) is 0 Å². The Morgan fingerprint density at radius 2 is 1.58 bits per heavy atom. The van der Waals surface area contributed by atoms with E-state index in [4.69, 9.17) is 5.53 Å². The Bertz CT molecular complexity index is 581. The molecule has 0 radical (unpaired) electrons. The number of allylic oxidation sites excluding steroid dienone is 2. The topological polar surface area (TPSA) is 87.6 Å². The van der Waals surface area contributed by atoms with Crippen LogP contribution < -0.4 is 0 Å². The summed E-state index contributed by atoms with van der Waals surface area (Å²) >= 11 is 0. The highest BCUT2D eigenvalue weighted by Gasteiger charge is 2.49. The predicted octanol–water partition coefficient (Wildman–Crippen LogP) is 1.27. The third-order valence-electron chi connectivity index (χ3n) is 4.51. The Morgan fingerprint density at radius 3 is 2.21 bits per heavy atom. The fourth-order valence-electron chi connectivity index (χ4n) is 3.53. The first-order valence-corrected chi connectivity index (χ1v) is 6.72. The van der Waals surface area contributed by atoms with Gasteiger partial charge in [-0.3, -0.25) is 14.4 Å². The largest absolute Gasteiger partial charge is 0.361 e. The van der Waals surface area contributed by atoms with Crippen molar-refractivity contribution in [1.82, 2.24) is 0 Å². The van der Waals surface area contributed by atoms with Crippen LogP contribution in [0.5, 0.6) is 0 Å². The molecule has 3 aliphatic rings. The summed E-state index contributed by atoms with van der Waals surface area (Å²) in [4.78, 5) is 39.9. The van der Waals surface area contributed by atoms with Crippen molar-refractivity contribution in [2.75, 3.05) is 0 Å². The van der Waals surface area contributed by atoms with E-state index >= 15 is 0 Å². The zero-order valence-corrected chi connectivity index (χ0v) is 10.5. The Balaban J connectivity index is 2.11. The van der Waals surface area contributed by atoms with Crippen LogP contribution in [-0.2, 0) is 14.4 Å². The number of nitrogens with zero attached hydrogens (tertiary/aromatic N) is 2. The van der Waals surface area contributed by atoms with Crippen LogP contribution in [0.25, 0.3) is 5.53 Å². The van der Waals surface area contributed by atoms with E-state index in [1.807, 2.05) is 0 Å². The quantitative estimate of drug-likeness (QED) is 0.372. The highest BCUT2D eigenvalue weighted by molar-refractivity contribution is 6.52. The lowest BCUT2D eigenvalue weighted by molar-refractivity contribution is -0.134. The lowest BCUT2D eigenvalue weighted by Gasteiger charge is -2.35. The van der Waals surface area contributed by atoms with Gasteiger partial charge in [0.2, 0.25) is 0 Å². The van der Waals surface area contributed by atoms with Gasteiger partial charge in [-0.05, 0) is 19.3 Å². The molecule has 0 aliphatic heterocycles. The molecule has 0 heterocycles. The summed E-state index contributed by atoms with van der Waals surface area (Å²) < 4.78 is 0. The Kier molecular flexibility index (Phi) is 2.79. The van der Waals surface area contributed by atoms with Crippen molar-refractivity contribution < 1.29 is 19.2 Å². The minimum atomic E-state index is -0.550. The van der Waals surface area contributed by atoms with Gasteiger partial charge in [0.1, 0.15) is 0 Å². The van der Waals surface area contributed by atoms with E-state index in [0.29, 0.717) is 18.4 Å². The van der Waals surface area contributed by atoms with E-state index in [1.165, 1.54) is 0 Å². The molecule has 0 aromatic rings. The maximum Gasteiger partial charge on any atom is 0.339 e. The Labute approximate surface area is 110 Å². The average Bonchev–Trinajstić information content (AvgIpc) is 2.44. The van der Waals surface area contributed by atoms with Crippen molar-refractivity contribution in [1.29, 1.82) is 0 Å². The van der Waals surface area contributed by atoms with Crippen LogP contribution in [0.1, 0.15) is 38.5 Å². The zero-order valence-electron chi connectivity index (χ0n) is 10.5. The van der Waals surface area contributed by atoms with Gasteiger partial charge >= 0.3 is 5.71 Å². The van der Waals surface area contributed by atoms with Crippen LogP contribution in [-0.4, -0.2) is 27.9 Å². The van der Waals surface area contributed by atoms with Gasteiger partial charge < -0.3 is 5.53 Å². The fraction of sp³-hybridized carbons (Fsp3) is 0.571. The van der Waals surface area contributed by atoms with Crippen LogP contribution in [0, 0.1) is 11.8 Å². The van der Waals surface area contributed by atoms with Crippen molar-refractivity contribution in [3.8, 4) is 0 Å². The van der Waals surface area contributed by atoms with Crippen LogP contribution in [0.4, 0.5) is 0 Å². The molecule has 0 aromatic heterocycles. The number of hydrogen-bond donors (Lipinski definition) is 0. The second-order valence-corrected chi connectivity index (χ2v) is 5.46. The summed E-state index contributed by atoms with van der Waals surface area (Å²) in [6.45, 7) is 0. The summed E-state index contributed by atoms with van der Waals surface area (Å²) in [5.41, 5.74) is 9.17. The van der Waals surface area contributed by atoms with Gasteiger partial charge in [-0.15, -0.1) is 0 Å². The van der Waals surface area contributed by atoms with Crippen molar-refractivity contribution in [2.45, 2.75) is 38.5 Å². The van der Waals surface area contributed by atoms with E-state index in [-0.39, 0.29) is 41.1 Å². The predicted molar refractivity (Wildman–Crippen MR) is 65.4 cm³/mol. The first-order valence-electron chi connectivity index (χ1n) is 6.72. The van der Waals surface area contributed by atoms with E-state index in [0.717, 1.165) is 19.3 Å². The first kappa shape index (κ1) is 12.2. The van der Waals surface area contributed by atoms with Crippen molar-refractivity contribution in [3.05, 3.63) is 16.7 Å². The first-order chi connectivity index (χ1) is 9.15. The lowest BCUT2D eigenvalue weighted by Crippen LogP contribution is -2.44. The number of hydrogen-bond acceptors (Lipinski definition) is 3. The monoisotopic (exact) mass is 258 g/mol. The molecular weight excluding hydrogens is 244 g/mol. The third kappa shape index (κ3) is 1.65. The maximum absolute atomic E-state index is 12.4. The normalized spacial score (nSPS) is 30.9. The minimum absolute atomic E-state index is 0.00541. The summed E-state index contributed by atoms with van der Waals surface area (Å²) in [6, 6.07) is 0. The van der Waals surface area contributed by atoms with Crippen LogP contribution in [0.15, 0.2) is 11.1 Å². The molecule has 2 unspecified atom stereocenters. The van der Waals surface area contributed by atoms with Crippen LogP contribution >= 0.6 is 0 Å². The molecule has 0 N–H and O–H groups in total. The number of rotatable bonds is 0. The van der Waals surface area contributed by atoms with Crippen LogP contribution in [0.3, 0.4) is 0 Å². The highest BCUT2D eigenvalue weighted by atomic mass is 16.2. The second kappa shape index (κ2) is 4.35. The molecule has 0 saturated heterocycles. The number of Topliss-reactive ketones (excluding diaryl/α,β-unsaturated/α-hetero) is 3. The number of ketones is 3. The van der Waals surface area contributed by atoms with Gasteiger partial charge in [0.15, 0.2) is 11.6 Å². The highest BCUT2D eigenvalue weighted by Crippen LogP contribution is 2.41. The van der Waals surface area contributed by atoms with Gasteiger partial charge in [-0.25, -0.2) is 0 Å². The standard InChI is InChI=1S/C14H14N2O3/c15-16-10-6-5-9-11(14(10)19)13(18)8-4-2-1-3-7(8)12(9)17/h7-8H,1-6H2. The summed E-state index contributed by atoms with van der Waals surface area (Å²) in [5.74, 6) is -1.33. The molecule has 3 rings (SSSR count). The van der Waals surface area contributed by atoms with E-state index in [1.54, 1.807) is 0 Å². The molecule has 0 spiro atoms. The molecule has 0 amide bonds. The fourth-order valence-corrected chi connectivity index (χ4v) is 3.53. The number of carbonyl (C=O) groups is 3. The van der Waals surface area contributed by atoms with Gasteiger partial charge in [-0.1, -0.05) is 12.8 Å². The van der Waals surface area contributed by atoms with Crippen molar-refractivity contribution >= 4 is 23.1 Å². The van der Waals surface area contributed by atoms with E-state index in [2.05, 4.69) is 4.79 Å². The minimum Gasteiger partial charge on any atom is -0.361 e. The van der Waals surface area contributed by atoms with E-state index < -0.39 is 5.78 Å². The Hall–Kier alpha value is -1.87. The molecule has 1 fully saturated rings. The lowest BCUT2D eigenvalue weighted by atomic mass is 9.64. The summed E-state index contributed by atoms with van der Waals surface area (Å²) in [5, 5.41) is 0. The maximum atomic E-state index is 12.4. The Morgan fingerprint density at radius 1 is 0.947 bits per heavy atom. The second-order valence-electron chi connectivity index (χ2n) is 5.46. The molecular formula is C14H14N2O3. The molecule has 1 saturated carbocycles. The SMILES string of the molecule is [N-]=[N+]=C1CCC2=C(C1=O)C(=O)C1CCCCC1C2=O. The molecule has 3 aliphatic carbocycles. The molecule has 5 nitrogen and oxygen atoms in total.